The molecule has 0 aliphatic heterocycles. The summed E-state index contributed by atoms with van der Waals surface area (Å²) in [6, 6.07) is 3.52. The van der Waals surface area contributed by atoms with Crippen LogP contribution in [-0.2, 0) is 0 Å². The Bertz CT molecular complexity index is 559. The topological polar surface area (TPSA) is 92.5 Å². The quantitative estimate of drug-likeness (QED) is 0.661. The number of hydrogen-bond donors (Lipinski definition) is 2. The first-order chi connectivity index (χ1) is 9.88. The molecule has 1 saturated carbocycles. The lowest BCUT2D eigenvalue weighted by Crippen LogP contribution is -2.42. The van der Waals surface area contributed by atoms with E-state index in [0.29, 0.717) is 11.8 Å². The van der Waals surface area contributed by atoms with Crippen LogP contribution < -0.4 is 5.32 Å². The monoisotopic (exact) mass is 292 g/mol. The van der Waals surface area contributed by atoms with Gasteiger partial charge in [0, 0.05) is 12.1 Å². The van der Waals surface area contributed by atoms with E-state index in [4.69, 9.17) is 0 Å². The van der Waals surface area contributed by atoms with E-state index in [1.807, 2.05) is 0 Å². The number of nitrogens with one attached hydrogen (secondary N) is 1. The van der Waals surface area contributed by atoms with Crippen LogP contribution in [0.3, 0.4) is 0 Å². The highest BCUT2D eigenvalue weighted by molar-refractivity contribution is 5.98. The maximum atomic E-state index is 12.3. The largest absolute Gasteiger partial charge is 0.508 e. The van der Waals surface area contributed by atoms with Gasteiger partial charge < -0.3 is 10.4 Å². The van der Waals surface area contributed by atoms with Gasteiger partial charge in [0.15, 0.2) is 0 Å². The summed E-state index contributed by atoms with van der Waals surface area (Å²) in [6.07, 6.45) is 2.95. The van der Waals surface area contributed by atoms with Crippen molar-refractivity contribution in [2.75, 3.05) is 0 Å². The number of aromatic hydroxyl groups is 1. The smallest absolute Gasteiger partial charge is 0.282 e. The van der Waals surface area contributed by atoms with Crippen molar-refractivity contribution in [3.05, 3.63) is 33.9 Å². The van der Waals surface area contributed by atoms with E-state index in [-0.39, 0.29) is 23.0 Å². The van der Waals surface area contributed by atoms with Crippen LogP contribution in [0.1, 0.15) is 43.5 Å². The number of hydrogen-bond acceptors (Lipinski definition) is 4. The van der Waals surface area contributed by atoms with Gasteiger partial charge in [-0.15, -0.1) is 0 Å². The Morgan fingerprint density at radius 1 is 1.38 bits per heavy atom. The normalized spacial score (nSPS) is 25.3. The van der Waals surface area contributed by atoms with Gasteiger partial charge in [-0.2, -0.15) is 0 Å². The first-order valence-corrected chi connectivity index (χ1v) is 7.16. The van der Waals surface area contributed by atoms with Crippen LogP contribution in [0.5, 0.6) is 5.75 Å². The lowest BCUT2D eigenvalue weighted by molar-refractivity contribution is -0.385. The Morgan fingerprint density at radius 2 is 2.10 bits per heavy atom. The summed E-state index contributed by atoms with van der Waals surface area (Å²) >= 11 is 0. The highest BCUT2D eigenvalue weighted by atomic mass is 16.6. The molecular weight excluding hydrogens is 272 g/mol. The van der Waals surface area contributed by atoms with Gasteiger partial charge in [-0.3, -0.25) is 14.9 Å². The minimum atomic E-state index is -0.610. The van der Waals surface area contributed by atoms with E-state index >= 15 is 0 Å². The van der Waals surface area contributed by atoms with Crippen molar-refractivity contribution in [2.24, 2.45) is 11.8 Å². The lowest BCUT2D eigenvalue weighted by Gasteiger charge is -2.33. The molecule has 1 aromatic carbocycles. The summed E-state index contributed by atoms with van der Waals surface area (Å²) in [5.74, 6) is 0.331. The molecule has 3 atom stereocenters. The van der Waals surface area contributed by atoms with Crippen molar-refractivity contribution in [1.82, 2.24) is 5.32 Å². The van der Waals surface area contributed by atoms with Crippen molar-refractivity contribution in [1.29, 1.82) is 0 Å². The Morgan fingerprint density at radius 3 is 2.71 bits per heavy atom. The molecule has 0 radical (unpaired) electrons. The van der Waals surface area contributed by atoms with Crippen molar-refractivity contribution >= 4 is 11.6 Å². The maximum Gasteiger partial charge on any atom is 0.282 e. The summed E-state index contributed by atoms with van der Waals surface area (Å²) in [4.78, 5) is 22.7. The lowest BCUT2D eigenvalue weighted by atomic mass is 9.80. The molecule has 1 aliphatic rings. The molecule has 2 N–H and O–H groups in total. The van der Waals surface area contributed by atoms with Gasteiger partial charge in [0.05, 0.1) is 4.92 Å². The summed E-state index contributed by atoms with van der Waals surface area (Å²) < 4.78 is 0. The molecule has 1 aromatic rings. The minimum Gasteiger partial charge on any atom is -0.508 e. The zero-order chi connectivity index (χ0) is 15.6. The molecule has 0 bridgehead atoms. The Balaban J connectivity index is 2.17. The number of carbonyl (C=O) groups is 1. The zero-order valence-electron chi connectivity index (χ0n) is 12.2. The number of phenols is 1. The second-order valence-corrected chi connectivity index (χ2v) is 5.93. The average Bonchev–Trinajstić information content (AvgIpc) is 2.41. The number of nitro benzene ring substituents is 1. The molecular formula is C15H20N2O4. The van der Waals surface area contributed by atoms with E-state index in [1.54, 1.807) is 0 Å². The highest BCUT2D eigenvalue weighted by Gasteiger charge is 2.29. The molecule has 21 heavy (non-hydrogen) atoms. The maximum absolute atomic E-state index is 12.3. The number of nitro groups is 1. The average molecular weight is 292 g/mol. The third kappa shape index (κ3) is 3.51. The second-order valence-electron chi connectivity index (χ2n) is 5.93. The van der Waals surface area contributed by atoms with Crippen LogP contribution in [0.25, 0.3) is 0 Å². The van der Waals surface area contributed by atoms with Crippen LogP contribution in [0.4, 0.5) is 5.69 Å². The fraction of sp³-hybridized carbons (Fsp3) is 0.533. The van der Waals surface area contributed by atoms with Gasteiger partial charge in [0.2, 0.25) is 0 Å². The molecule has 1 fully saturated rings. The number of phenolic OH excluding ortho intramolecular Hbond substituents is 1. The third-order valence-corrected chi connectivity index (χ3v) is 4.17. The highest BCUT2D eigenvalue weighted by Crippen LogP contribution is 2.29. The summed E-state index contributed by atoms with van der Waals surface area (Å²) in [6.45, 7) is 4.27. The van der Waals surface area contributed by atoms with Crippen LogP contribution >= 0.6 is 0 Å². The van der Waals surface area contributed by atoms with Crippen molar-refractivity contribution in [2.45, 2.75) is 39.2 Å². The fourth-order valence-electron chi connectivity index (χ4n) is 2.99. The second kappa shape index (κ2) is 6.11. The molecule has 1 aliphatic carbocycles. The molecule has 2 rings (SSSR count). The van der Waals surface area contributed by atoms with Crippen molar-refractivity contribution < 1.29 is 14.8 Å². The molecule has 114 valence electrons. The predicted octanol–water partition coefficient (Wildman–Crippen LogP) is 2.85. The van der Waals surface area contributed by atoms with Crippen molar-refractivity contribution in [3.8, 4) is 5.75 Å². The molecule has 0 saturated heterocycles. The molecule has 0 aromatic heterocycles. The van der Waals surface area contributed by atoms with Gasteiger partial charge >= 0.3 is 0 Å². The zero-order valence-corrected chi connectivity index (χ0v) is 12.2. The van der Waals surface area contributed by atoms with Crippen molar-refractivity contribution in [3.63, 3.8) is 0 Å². The van der Waals surface area contributed by atoms with Crippen LogP contribution in [-0.4, -0.2) is 22.0 Å². The first-order valence-electron chi connectivity index (χ1n) is 7.16. The van der Waals surface area contributed by atoms with Gasteiger partial charge in [-0.05, 0) is 43.2 Å². The van der Waals surface area contributed by atoms with E-state index < -0.39 is 10.8 Å². The Labute approximate surface area is 123 Å². The predicted molar refractivity (Wildman–Crippen MR) is 78.2 cm³/mol. The van der Waals surface area contributed by atoms with Crippen LogP contribution in [0.2, 0.25) is 0 Å². The van der Waals surface area contributed by atoms with E-state index in [9.17, 15) is 20.0 Å². The summed E-state index contributed by atoms with van der Waals surface area (Å²) in [5, 5.41) is 23.3. The number of carbonyl (C=O) groups excluding carboxylic acids is 1. The van der Waals surface area contributed by atoms with Crippen LogP contribution in [0, 0.1) is 22.0 Å². The molecule has 1 amide bonds. The number of amides is 1. The number of rotatable bonds is 3. The number of nitrogens with zero attached hydrogens (tertiary/aromatic N) is 1. The minimum absolute atomic E-state index is 0.0238. The molecule has 0 heterocycles. The van der Waals surface area contributed by atoms with E-state index in [2.05, 4.69) is 19.2 Å². The number of benzene rings is 1. The summed E-state index contributed by atoms with van der Waals surface area (Å²) in [7, 11) is 0. The SMILES string of the molecule is CC1CCC(NC(=O)c2cc(O)ccc2[N+](=O)[O-])C(C)C1. The van der Waals surface area contributed by atoms with Crippen LogP contribution in [0.15, 0.2) is 18.2 Å². The molecule has 0 spiro atoms. The fourth-order valence-corrected chi connectivity index (χ4v) is 2.99. The summed E-state index contributed by atoms with van der Waals surface area (Å²) in [5.41, 5.74) is -0.382. The molecule has 6 heteroatoms. The van der Waals surface area contributed by atoms with E-state index in [1.165, 1.54) is 6.07 Å². The van der Waals surface area contributed by atoms with Gasteiger partial charge in [0.25, 0.3) is 11.6 Å². The van der Waals surface area contributed by atoms with E-state index in [0.717, 1.165) is 31.4 Å². The van der Waals surface area contributed by atoms with Gasteiger partial charge in [-0.25, -0.2) is 0 Å². The first kappa shape index (κ1) is 15.3. The third-order valence-electron chi connectivity index (χ3n) is 4.17. The molecule has 6 nitrogen and oxygen atoms in total. The Hall–Kier alpha value is -2.11. The standard InChI is InChI=1S/C15H20N2O4/c1-9-3-5-13(10(2)7-9)16-15(19)12-8-11(18)4-6-14(12)17(20)21/h4,6,8-10,13,18H,3,5,7H2,1-2H3,(H,16,19). The van der Waals surface area contributed by atoms with Gasteiger partial charge in [0.1, 0.15) is 11.3 Å². The van der Waals surface area contributed by atoms with Gasteiger partial charge in [-0.1, -0.05) is 13.8 Å². The molecule has 3 unspecified atom stereocenters. The Kier molecular flexibility index (Phi) is 4.45.